The molecule has 2 N–H and O–H groups in total. The molecule has 216 valence electrons. The van der Waals surface area contributed by atoms with E-state index >= 15 is 0 Å². The van der Waals surface area contributed by atoms with Crippen molar-refractivity contribution in [2.45, 2.75) is 82.9 Å². The minimum atomic E-state index is -2.74. The van der Waals surface area contributed by atoms with Gasteiger partial charge in [0.1, 0.15) is 16.8 Å². The van der Waals surface area contributed by atoms with E-state index in [4.69, 9.17) is 9.47 Å². The summed E-state index contributed by atoms with van der Waals surface area (Å²) >= 11 is 0. The van der Waals surface area contributed by atoms with Crippen LogP contribution in [0.3, 0.4) is 0 Å². The van der Waals surface area contributed by atoms with Gasteiger partial charge in [0.15, 0.2) is 5.69 Å². The van der Waals surface area contributed by atoms with Gasteiger partial charge in [-0.05, 0) is 51.6 Å². The van der Waals surface area contributed by atoms with Crippen LogP contribution in [-0.4, -0.2) is 66.6 Å². The van der Waals surface area contributed by atoms with E-state index in [-0.39, 0.29) is 49.7 Å². The van der Waals surface area contributed by atoms with Crippen molar-refractivity contribution >= 4 is 17.8 Å². The van der Waals surface area contributed by atoms with Crippen molar-refractivity contribution < 1.29 is 32.5 Å². The number of imidazole rings is 1. The molecule has 0 bridgehead atoms. The van der Waals surface area contributed by atoms with Crippen LogP contribution in [0.25, 0.3) is 5.78 Å². The number of carbonyl (C=O) groups is 2. The van der Waals surface area contributed by atoms with E-state index in [0.29, 0.717) is 30.1 Å². The molecule has 1 saturated carbocycles. The van der Waals surface area contributed by atoms with Crippen LogP contribution in [0, 0.1) is 12.8 Å². The summed E-state index contributed by atoms with van der Waals surface area (Å²) < 4.78 is 45.0. The lowest BCUT2D eigenvalue weighted by Gasteiger charge is -2.33. The maximum Gasteiger partial charge on any atom is 0.408 e. The summed E-state index contributed by atoms with van der Waals surface area (Å²) in [6.45, 7) is 7.46. The molecule has 4 heterocycles. The fraction of sp³-hybridized carbons (Fsp3) is 0.640. The average molecular weight is 563 g/mol. The van der Waals surface area contributed by atoms with Crippen LogP contribution in [0.2, 0.25) is 0 Å². The highest BCUT2D eigenvalue weighted by molar-refractivity contribution is 5.93. The second-order valence-corrected chi connectivity index (χ2v) is 11.4. The van der Waals surface area contributed by atoms with Crippen LogP contribution in [0.1, 0.15) is 86.5 Å². The molecule has 1 unspecified atom stereocenters. The molecule has 2 atom stereocenters. The molecule has 2 fully saturated rings. The lowest BCUT2D eigenvalue weighted by Crippen LogP contribution is -2.49. The first-order chi connectivity index (χ1) is 18.8. The van der Waals surface area contributed by atoms with Crippen molar-refractivity contribution in [2.75, 3.05) is 13.2 Å². The largest absolute Gasteiger partial charge is 0.444 e. The molecule has 0 aromatic carbocycles. The number of aryl methyl sites for hydroxylation is 1. The third-order valence-electron chi connectivity index (χ3n) is 7.17. The monoisotopic (exact) mass is 562 g/mol. The van der Waals surface area contributed by atoms with Crippen LogP contribution in [0.15, 0.2) is 17.0 Å². The molecule has 15 heteroatoms. The Kier molecular flexibility index (Phi) is 7.18. The summed E-state index contributed by atoms with van der Waals surface area (Å²) in [5, 5.41) is 17.5. The molecule has 0 spiro atoms. The van der Waals surface area contributed by atoms with Gasteiger partial charge in [-0.25, -0.2) is 32.7 Å². The van der Waals surface area contributed by atoms with Crippen LogP contribution in [-0.2, 0) is 15.0 Å². The number of hydrogen-bond acceptors (Lipinski definition) is 10. The maximum atomic E-state index is 14.0. The lowest BCUT2D eigenvalue weighted by molar-refractivity contribution is -0.0495. The summed E-state index contributed by atoms with van der Waals surface area (Å²) in [4.78, 5) is 34.9. The highest BCUT2D eigenvalue weighted by atomic mass is 19.3. The van der Waals surface area contributed by atoms with Crippen molar-refractivity contribution in [3.63, 3.8) is 0 Å². The first-order valence-electron chi connectivity index (χ1n) is 13.1. The van der Waals surface area contributed by atoms with Crippen LogP contribution < -0.4 is 10.6 Å². The summed E-state index contributed by atoms with van der Waals surface area (Å²) in [7, 11) is 0. The average Bonchev–Trinajstić information content (AvgIpc) is 3.61. The number of ether oxygens (including phenoxy) is 2. The highest BCUT2D eigenvalue weighted by Crippen LogP contribution is 2.41. The number of rotatable bonds is 6. The Morgan fingerprint density at radius 1 is 1.18 bits per heavy atom. The number of nitrogens with one attached hydrogen (secondary N) is 2. The Hall–Kier alpha value is -3.75. The van der Waals surface area contributed by atoms with E-state index < -0.39 is 35.1 Å². The number of alkyl halides is 2. The van der Waals surface area contributed by atoms with Crippen LogP contribution in [0.5, 0.6) is 0 Å². The first kappa shape index (κ1) is 27.8. The molecule has 5 rings (SSSR count). The zero-order valence-electron chi connectivity index (χ0n) is 22.7. The number of alkyl carbamates (subject to hydrolysis) is 1. The van der Waals surface area contributed by atoms with Gasteiger partial charge in [0.2, 0.25) is 5.92 Å². The lowest BCUT2D eigenvalue weighted by atomic mass is 9.81. The molecule has 3 aromatic rings. The molecule has 3 aromatic heterocycles. The van der Waals surface area contributed by atoms with Crippen LogP contribution in [0.4, 0.5) is 13.6 Å². The molecule has 1 saturated heterocycles. The Labute approximate surface area is 228 Å². The number of hydrogen-bond donors (Lipinski definition) is 2. The molecule has 1 aliphatic carbocycles. The fourth-order valence-electron chi connectivity index (χ4n) is 5.08. The number of halogens is 2. The molecule has 40 heavy (non-hydrogen) atoms. The van der Waals surface area contributed by atoms with Gasteiger partial charge in [-0.1, -0.05) is 5.16 Å². The minimum Gasteiger partial charge on any atom is -0.444 e. The summed E-state index contributed by atoms with van der Waals surface area (Å²) in [5.41, 5.74) is -0.514. The molecule has 2 amide bonds. The minimum absolute atomic E-state index is 0.00447. The predicted molar refractivity (Wildman–Crippen MR) is 133 cm³/mol. The standard InChI is InChI=1S/C25H32F2N8O5/c1-14-18(34-40-33-14)20(36)31-19(15-5-7-25(26,27)8-6-15)16-12-35-21(29-16)30-17(11-28-35)24(9-10-38-13-24)32-22(37)39-23(2,3)4/h11-12,15,19H,5-10,13H2,1-4H3,(H,31,36)(H,32,37)/t19-,24?/m0/s1. The fourth-order valence-corrected chi connectivity index (χ4v) is 5.08. The van der Waals surface area contributed by atoms with Gasteiger partial charge in [-0.15, -0.1) is 0 Å². The molecule has 1 aliphatic heterocycles. The van der Waals surface area contributed by atoms with Crippen molar-refractivity contribution in [3.05, 3.63) is 35.2 Å². The van der Waals surface area contributed by atoms with Gasteiger partial charge in [0.25, 0.3) is 11.7 Å². The quantitative estimate of drug-likeness (QED) is 0.457. The zero-order chi connectivity index (χ0) is 28.7. The topological polar surface area (TPSA) is 159 Å². The Morgan fingerprint density at radius 3 is 2.55 bits per heavy atom. The van der Waals surface area contributed by atoms with Crippen molar-refractivity contribution in [1.82, 2.24) is 40.5 Å². The highest BCUT2D eigenvalue weighted by Gasteiger charge is 2.42. The van der Waals surface area contributed by atoms with E-state index in [0.717, 1.165) is 0 Å². The van der Waals surface area contributed by atoms with Gasteiger partial charge < -0.3 is 20.1 Å². The van der Waals surface area contributed by atoms with Crippen LogP contribution >= 0.6 is 0 Å². The number of aromatic nitrogens is 6. The van der Waals surface area contributed by atoms with E-state index in [1.807, 2.05) is 0 Å². The first-order valence-corrected chi connectivity index (χ1v) is 13.1. The number of carbonyl (C=O) groups excluding carboxylic acids is 2. The SMILES string of the molecule is Cc1nonc1C(=O)N[C@H](c1cn2ncc(C3(NC(=O)OC(C)(C)C)CCOC3)nc2n1)C1CCC(F)(F)CC1. The van der Waals surface area contributed by atoms with Gasteiger partial charge >= 0.3 is 6.09 Å². The third-order valence-corrected chi connectivity index (χ3v) is 7.17. The van der Waals surface area contributed by atoms with Gasteiger partial charge in [0.05, 0.1) is 36.4 Å². The second-order valence-electron chi connectivity index (χ2n) is 11.4. The second kappa shape index (κ2) is 10.3. The number of amides is 2. The summed E-state index contributed by atoms with van der Waals surface area (Å²) in [6.07, 6.45) is 2.76. The Morgan fingerprint density at radius 2 is 1.93 bits per heavy atom. The molecule has 13 nitrogen and oxygen atoms in total. The molecular weight excluding hydrogens is 530 g/mol. The summed E-state index contributed by atoms with van der Waals surface area (Å²) in [5.74, 6) is -3.39. The normalized spacial score (nSPS) is 22.2. The smallest absolute Gasteiger partial charge is 0.408 e. The van der Waals surface area contributed by atoms with Gasteiger partial charge in [-0.2, -0.15) is 5.10 Å². The van der Waals surface area contributed by atoms with E-state index in [1.165, 1.54) is 10.7 Å². The molecule has 2 aliphatic rings. The predicted octanol–water partition coefficient (Wildman–Crippen LogP) is 3.25. The Balaban J connectivity index is 1.45. The zero-order valence-corrected chi connectivity index (χ0v) is 22.7. The Bertz CT molecular complexity index is 1390. The van der Waals surface area contributed by atoms with Crippen molar-refractivity contribution in [3.8, 4) is 0 Å². The van der Waals surface area contributed by atoms with Gasteiger partial charge in [0, 0.05) is 25.9 Å². The number of nitrogens with zero attached hydrogens (tertiary/aromatic N) is 6. The summed E-state index contributed by atoms with van der Waals surface area (Å²) in [6, 6.07) is -0.713. The third kappa shape index (κ3) is 5.88. The van der Waals surface area contributed by atoms with E-state index in [2.05, 4.69) is 40.6 Å². The molecular formula is C25H32F2N8O5. The van der Waals surface area contributed by atoms with Gasteiger partial charge in [-0.3, -0.25) is 4.79 Å². The molecule has 0 radical (unpaired) electrons. The number of fused-ring (bicyclic) bond motifs is 1. The van der Waals surface area contributed by atoms with E-state index in [9.17, 15) is 18.4 Å². The van der Waals surface area contributed by atoms with Crippen molar-refractivity contribution in [2.24, 2.45) is 5.92 Å². The maximum absolute atomic E-state index is 14.0. The van der Waals surface area contributed by atoms with Crippen molar-refractivity contribution in [1.29, 1.82) is 0 Å². The van der Waals surface area contributed by atoms with E-state index in [1.54, 1.807) is 33.9 Å².